The minimum Gasteiger partial charge on any atom is -0.495 e. The first-order chi connectivity index (χ1) is 15.3. The summed E-state index contributed by atoms with van der Waals surface area (Å²) in [5.74, 6) is -0.439. The molecule has 1 aliphatic rings. The number of hydrogen-bond donors (Lipinski definition) is 1. The van der Waals surface area contributed by atoms with Gasteiger partial charge in [-0.1, -0.05) is 11.6 Å². The second kappa shape index (κ2) is 8.89. The van der Waals surface area contributed by atoms with Gasteiger partial charge >= 0.3 is 0 Å². The molecule has 11 heteroatoms. The van der Waals surface area contributed by atoms with E-state index in [2.05, 4.69) is 10.2 Å². The maximum Gasteiger partial charge on any atom is 0.271 e. The Morgan fingerprint density at radius 1 is 1.09 bits per heavy atom. The van der Waals surface area contributed by atoms with Crippen LogP contribution >= 0.6 is 11.6 Å². The van der Waals surface area contributed by atoms with Gasteiger partial charge in [0.05, 0.1) is 12.8 Å². The van der Waals surface area contributed by atoms with Crippen molar-refractivity contribution in [1.29, 1.82) is 0 Å². The van der Waals surface area contributed by atoms with Crippen molar-refractivity contribution in [3.05, 3.63) is 65.1 Å². The molecular formula is C21H20ClFN4O4S. The number of benzene rings is 2. The van der Waals surface area contributed by atoms with Crippen molar-refractivity contribution < 1.29 is 22.3 Å². The summed E-state index contributed by atoms with van der Waals surface area (Å²) in [6.45, 7) is 0.684. The average Bonchev–Trinajstić information content (AvgIpc) is 3.29. The SMILES string of the molecule is COc1ccc(Cl)cc1S(=O)(=O)N1CCN(C(=O)c2cc(-c3ccc(F)cc3)n[nH]2)CC1. The highest BCUT2D eigenvalue weighted by molar-refractivity contribution is 7.89. The van der Waals surface area contributed by atoms with E-state index in [9.17, 15) is 17.6 Å². The van der Waals surface area contributed by atoms with Crippen LogP contribution in [-0.4, -0.2) is 67.0 Å². The largest absolute Gasteiger partial charge is 0.495 e. The van der Waals surface area contributed by atoms with Crippen molar-refractivity contribution in [3.63, 3.8) is 0 Å². The van der Waals surface area contributed by atoms with Gasteiger partial charge < -0.3 is 9.64 Å². The summed E-state index contributed by atoms with van der Waals surface area (Å²) >= 11 is 5.99. The van der Waals surface area contributed by atoms with Crippen molar-refractivity contribution in [3.8, 4) is 17.0 Å². The molecule has 32 heavy (non-hydrogen) atoms. The molecular weight excluding hydrogens is 459 g/mol. The van der Waals surface area contributed by atoms with Gasteiger partial charge in [0, 0.05) is 36.8 Å². The molecule has 0 spiro atoms. The van der Waals surface area contributed by atoms with Crippen molar-refractivity contribution >= 4 is 27.5 Å². The first kappa shape index (κ1) is 22.3. The Balaban J connectivity index is 1.45. The van der Waals surface area contributed by atoms with Crippen molar-refractivity contribution in [2.24, 2.45) is 0 Å². The number of carbonyl (C=O) groups is 1. The molecule has 1 fully saturated rings. The van der Waals surface area contributed by atoms with E-state index in [0.717, 1.165) is 0 Å². The third kappa shape index (κ3) is 4.34. The quantitative estimate of drug-likeness (QED) is 0.608. The van der Waals surface area contributed by atoms with Crippen LogP contribution in [0.3, 0.4) is 0 Å². The lowest BCUT2D eigenvalue weighted by molar-refractivity contribution is 0.0692. The third-order valence-electron chi connectivity index (χ3n) is 5.22. The normalized spacial score (nSPS) is 15.0. The minimum absolute atomic E-state index is 0.00946. The Hall–Kier alpha value is -2.95. The molecule has 1 amide bonds. The average molecular weight is 479 g/mol. The Labute approximate surface area is 189 Å². The number of sulfonamides is 1. The highest BCUT2D eigenvalue weighted by Crippen LogP contribution is 2.30. The summed E-state index contributed by atoms with van der Waals surface area (Å²) in [6, 6.07) is 11.8. The Morgan fingerprint density at radius 3 is 2.44 bits per heavy atom. The number of methoxy groups -OCH3 is 1. The van der Waals surface area contributed by atoms with Gasteiger partial charge in [-0.25, -0.2) is 12.8 Å². The molecule has 0 saturated carbocycles. The predicted molar refractivity (Wildman–Crippen MR) is 117 cm³/mol. The summed E-state index contributed by atoms with van der Waals surface area (Å²) in [7, 11) is -2.45. The first-order valence-electron chi connectivity index (χ1n) is 9.74. The number of aromatic nitrogens is 2. The lowest BCUT2D eigenvalue weighted by atomic mass is 10.1. The number of ether oxygens (including phenoxy) is 1. The number of nitrogens with zero attached hydrogens (tertiary/aromatic N) is 3. The van der Waals surface area contributed by atoms with Gasteiger partial charge in [0.2, 0.25) is 10.0 Å². The van der Waals surface area contributed by atoms with Crippen LogP contribution in [0, 0.1) is 5.82 Å². The smallest absolute Gasteiger partial charge is 0.271 e. The number of rotatable bonds is 5. The molecule has 168 valence electrons. The Kier molecular flexibility index (Phi) is 6.18. The molecule has 0 bridgehead atoms. The molecule has 2 aromatic carbocycles. The van der Waals surface area contributed by atoms with E-state index >= 15 is 0 Å². The van der Waals surface area contributed by atoms with Crippen LogP contribution in [0.2, 0.25) is 5.02 Å². The van der Waals surface area contributed by atoms with E-state index in [-0.39, 0.29) is 59.3 Å². The third-order valence-corrected chi connectivity index (χ3v) is 7.37. The lowest BCUT2D eigenvalue weighted by Crippen LogP contribution is -2.50. The summed E-state index contributed by atoms with van der Waals surface area (Å²) in [5, 5.41) is 7.12. The molecule has 3 aromatic rings. The van der Waals surface area contributed by atoms with E-state index in [1.54, 1.807) is 29.2 Å². The summed E-state index contributed by atoms with van der Waals surface area (Å²) in [6.07, 6.45) is 0. The zero-order valence-electron chi connectivity index (χ0n) is 17.1. The maximum absolute atomic E-state index is 13.1. The van der Waals surface area contributed by atoms with Gasteiger partial charge in [-0.3, -0.25) is 9.89 Å². The van der Waals surface area contributed by atoms with Crippen LogP contribution in [0.5, 0.6) is 5.75 Å². The van der Waals surface area contributed by atoms with E-state index in [1.807, 2.05) is 0 Å². The lowest BCUT2D eigenvalue weighted by Gasteiger charge is -2.34. The fourth-order valence-electron chi connectivity index (χ4n) is 3.49. The number of H-pyrrole nitrogens is 1. The van der Waals surface area contributed by atoms with Gasteiger partial charge in [0.1, 0.15) is 22.2 Å². The summed E-state index contributed by atoms with van der Waals surface area (Å²) < 4.78 is 45.8. The highest BCUT2D eigenvalue weighted by atomic mass is 35.5. The standard InChI is InChI=1S/C21H20ClFN4O4S/c1-31-19-7-4-15(22)12-20(19)32(29,30)27-10-8-26(9-11-27)21(28)18-13-17(24-25-18)14-2-5-16(23)6-3-14/h2-7,12-13H,8-11H2,1H3,(H,24,25). The van der Waals surface area contributed by atoms with Gasteiger partial charge in [0.15, 0.2) is 0 Å². The first-order valence-corrected chi connectivity index (χ1v) is 11.6. The molecule has 1 saturated heterocycles. The molecule has 8 nitrogen and oxygen atoms in total. The molecule has 2 heterocycles. The summed E-state index contributed by atoms with van der Waals surface area (Å²) in [5.41, 5.74) is 1.47. The van der Waals surface area contributed by atoms with Gasteiger partial charge in [0.25, 0.3) is 5.91 Å². The highest BCUT2D eigenvalue weighted by Gasteiger charge is 2.33. The zero-order valence-corrected chi connectivity index (χ0v) is 18.7. The number of hydrogen-bond acceptors (Lipinski definition) is 5. The van der Waals surface area contributed by atoms with Gasteiger partial charge in [-0.2, -0.15) is 9.40 Å². The van der Waals surface area contributed by atoms with E-state index < -0.39 is 10.0 Å². The molecule has 0 unspecified atom stereocenters. The van der Waals surface area contributed by atoms with E-state index in [0.29, 0.717) is 11.3 Å². The van der Waals surface area contributed by atoms with Crippen LogP contribution in [0.1, 0.15) is 10.5 Å². The van der Waals surface area contributed by atoms with Gasteiger partial charge in [-0.05, 0) is 48.5 Å². The van der Waals surface area contributed by atoms with Crippen LogP contribution in [0.4, 0.5) is 4.39 Å². The topological polar surface area (TPSA) is 95.6 Å². The minimum atomic E-state index is -3.84. The number of piperazine rings is 1. The second-order valence-corrected chi connectivity index (χ2v) is 9.51. The van der Waals surface area contributed by atoms with E-state index in [4.69, 9.17) is 16.3 Å². The maximum atomic E-state index is 13.1. The molecule has 1 N–H and O–H groups in total. The van der Waals surface area contributed by atoms with Crippen LogP contribution < -0.4 is 4.74 Å². The number of amides is 1. The molecule has 1 aliphatic heterocycles. The fourth-order valence-corrected chi connectivity index (χ4v) is 5.33. The van der Waals surface area contributed by atoms with Crippen molar-refractivity contribution in [2.45, 2.75) is 4.90 Å². The Morgan fingerprint density at radius 2 is 1.78 bits per heavy atom. The molecule has 4 rings (SSSR count). The van der Waals surface area contributed by atoms with E-state index in [1.165, 1.54) is 35.7 Å². The number of halogens is 2. The number of carbonyl (C=O) groups excluding carboxylic acids is 1. The molecule has 0 aliphatic carbocycles. The number of aromatic amines is 1. The van der Waals surface area contributed by atoms with Crippen LogP contribution in [0.15, 0.2) is 53.4 Å². The van der Waals surface area contributed by atoms with Crippen molar-refractivity contribution in [1.82, 2.24) is 19.4 Å². The number of nitrogens with one attached hydrogen (secondary N) is 1. The molecule has 0 atom stereocenters. The predicted octanol–water partition coefficient (Wildman–Crippen LogP) is 3.02. The molecule has 0 radical (unpaired) electrons. The van der Waals surface area contributed by atoms with Crippen molar-refractivity contribution in [2.75, 3.05) is 33.3 Å². The zero-order chi connectivity index (χ0) is 22.9. The Bertz CT molecular complexity index is 1240. The van der Waals surface area contributed by atoms with Crippen LogP contribution in [-0.2, 0) is 10.0 Å². The molecule has 1 aromatic heterocycles. The monoisotopic (exact) mass is 478 g/mol. The second-order valence-electron chi connectivity index (χ2n) is 7.17. The fraction of sp³-hybridized carbons (Fsp3) is 0.238. The van der Waals surface area contributed by atoms with Crippen LogP contribution in [0.25, 0.3) is 11.3 Å². The summed E-state index contributed by atoms with van der Waals surface area (Å²) in [4.78, 5) is 14.4. The van der Waals surface area contributed by atoms with Gasteiger partial charge in [-0.15, -0.1) is 0 Å².